The summed E-state index contributed by atoms with van der Waals surface area (Å²) < 4.78 is 0. The summed E-state index contributed by atoms with van der Waals surface area (Å²) in [6.07, 6.45) is 10.1. The average Bonchev–Trinajstić information content (AvgIpc) is 2.25. The van der Waals surface area contributed by atoms with Crippen molar-refractivity contribution in [1.82, 2.24) is 15.3 Å². The molecule has 0 amide bonds. The zero-order valence-corrected chi connectivity index (χ0v) is 9.03. The van der Waals surface area contributed by atoms with E-state index in [1.165, 1.54) is 18.4 Å². The zero-order valence-electron chi connectivity index (χ0n) is 9.03. The summed E-state index contributed by atoms with van der Waals surface area (Å²) in [5.41, 5.74) is 1.23. The highest BCUT2D eigenvalue weighted by Crippen LogP contribution is 2.06. The quantitative estimate of drug-likeness (QED) is 0.748. The molecule has 14 heavy (non-hydrogen) atoms. The van der Waals surface area contributed by atoms with Crippen LogP contribution in [-0.2, 0) is 6.42 Å². The van der Waals surface area contributed by atoms with E-state index in [1.54, 1.807) is 6.33 Å². The van der Waals surface area contributed by atoms with Gasteiger partial charge in [0.15, 0.2) is 0 Å². The van der Waals surface area contributed by atoms with Crippen LogP contribution in [0.25, 0.3) is 0 Å². The maximum atomic E-state index is 4.00. The Hall–Kier alpha value is -0.960. The van der Waals surface area contributed by atoms with Crippen molar-refractivity contribution >= 4 is 0 Å². The summed E-state index contributed by atoms with van der Waals surface area (Å²) in [7, 11) is 2.03. The molecule has 0 aliphatic rings. The van der Waals surface area contributed by atoms with Crippen LogP contribution in [0.1, 0.15) is 31.7 Å². The van der Waals surface area contributed by atoms with Crippen LogP contribution >= 0.6 is 0 Å². The fourth-order valence-electron chi connectivity index (χ4n) is 1.58. The van der Waals surface area contributed by atoms with Gasteiger partial charge < -0.3 is 5.32 Å². The van der Waals surface area contributed by atoms with Gasteiger partial charge in [-0.1, -0.05) is 13.3 Å². The molecule has 3 nitrogen and oxygen atoms in total. The third-order valence-corrected chi connectivity index (χ3v) is 2.44. The van der Waals surface area contributed by atoms with Gasteiger partial charge in [0.05, 0.1) is 0 Å². The van der Waals surface area contributed by atoms with Crippen molar-refractivity contribution in [3.8, 4) is 0 Å². The monoisotopic (exact) mass is 193 g/mol. The van der Waals surface area contributed by atoms with Crippen molar-refractivity contribution in [2.45, 2.75) is 38.6 Å². The van der Waals surface area contributed by atoms with Crippen molar-refractivity contribution in [3.05, 3.63) is 24.3 Å². The SMILES string of the molecule is CCCC(CCc1cncnc1)NC. The Kier molecular flexibility index (Phi) is 5.15. The normalized spacial score (nSPS) is 12.7. The second-order valence-corrected chi connectivity index (χ2v) is 3.56. The third kappa shape index (κ3) is 3.83. The molecule has 1 aromatic rings. The predicted octanol–water partition coefficient (Wildman–Crippen LogP) is 1.80. The van der Waals surface area contributed by atoms with Gasteiger partial charge in [-0.05, 0) is 31.9 Å². The first-order chi connectivity index (χ1) is 6.86. The van der Waals surface area contributed by atoms with Crippen LogP contribution in [-0.4, -0.2) is 23.1 Å². The molecule has 78 valence electrons. The summed E-state index contributed by atoms with van der Waals surface area (Å²) in [6.45, 7) is 2.22. The topological polar surface area (TPSA) is 37.8 Å². The molecule has 1 aromatic heterocycles. The van der Waals surface area contributed by atoms with Gasteiger partial charge in [-0.2, -0.15) is 0 Å². The number of nitrogens with zero attached hydrogens (tertiary/aromatic N) is 2. The number of hydrogen-bond acceptors (Lipinski definition) is 3. The zero-order chi connectivity index (χ0) is 10.2. The molecular weight excluding hydrogens is 174 g/mol. The number of hydrogen-bond donors (Lipinski definition) is 1. The molecule has 3 heteroatoms. The predicted molar refractivity (Wildman–Crippen MR) is 58.1 cm³/mol. The lowest BCUT2D eigenvalue weighted by molar-refractivity contribution is 0.483. The summed E-state index contributed by atoms with van der Waals surface area (Å²) in [5.74, 6) is 0. The Morgan fingerprint density at radius 1 is 1.29 bits per heavy atom. The highest BCUT2D eigenvalue weighted by atomic mass is 14.9. The van der Waals surface area contributed by atoms with E-state index < -0.39 is 0 Å². The van der Waals surface area contributed by atoms with E-state index >= 15 is 0 Å². The Labute approximate surface area is 86.0 Å². The van der Waals surface area contributed by atoms with Crippen LogP contribution in [0.5, 0.6) is 0 Å². The molecule has 1 N–H and O–H groups in total. The van der Waals surface area contributed by atoms with E-state index in [4.69, 9.17) is 0 Å². The number of rotatable bonds is 6. The number of aromatic nitrogens is 2. The van der Waals surface area contributed by atoms with Crippen molar-refractivity contribution < 1.29 is 0 Å². The largest absolute Gasteiger partial charge is 0.317 e. The lowest BCUT2D eigenvalue weighted by Gasteiger charge is -2.14. The highest BCUT2D eigenvalue weighted by Gasteiger charge is 2.04. The summed E-state index contributed by atoms with van der Waals surface area (Å²) in [4.78, 5) is 8.01. The molecule has 1 atom stereocenters. The van der Waals surface area contributed by atoms with E-state index in [0.717, 1.165) is 12.8 Å². The average molecular weight is 193 g/mol. The second kappa shape index (κ2) is 6.49. The molecule has 0 saturated carbocycles. The van der Waals surface area contributed by atoms with Crippen molar-refractivity contribution in [3.63, 3.8) is 0 Å². The van der Waals surface area contributed by atoms with Gasteiger partial charge in [-0.25, -0.2) is 9.97 Å². The van der Waals surface area contributed by atoms with Crippen LogP contribution in [0.4, 0.5) is 0 Å². The van der Waals surface area contributed by atoms with Gasteiger partial charge >= 0.3 is 0 Å². The van der Waals surface area contributed by atoms with E-state index in [9.17, 15) is 0 Å². The Balaban J connectivity index is 2.32. The molecule has 0 saturated heterocycles. The minimum atomic E-state index is 0.625. The third-order valence-electron chi connectivity index (χ3n) is 2.44. The van der Waals surface area contributed by atoms with Crippen molar-refractivity contribution in [2.75, 3.05) is 7.05 Å². The molecular formula is C11H19N3. The van der Waals surface area contributed by atoms with Gasteiger partial charge in [0.2, 0.25) is 0 Å². The van der Waals surface area contributed by atoms with Gasteiger partial charge in [-0.15, -0.1) is 0 Å². The molecule has 0 fully saturated rings. The van der Waals surface area contributed by atoms with Crippen LogP contribution in [0.15, 0.2) is 18.7 Å². The van der Waals surface area contributed by atoms with E-state index in [0.29, 0.717) is 6.04 Å². The molecule has 0 spiro atoms. The minimum absolute atomic E-state index is 0.625. The lowest BCUT2D eigenvalue weighted by Crippen LogP contribution is -2.25. The molecule has 0 aromatic carbocycles. The van der Waals surface area contributed by atoms with E-state index in [1.807, 2.05) is 19.4 Å². The Morgan fingerprint density at radius 2 is 2.00 bits per heavy atom. The summed E-state index contributed by atoms with van der Waals surface area (Å²) >= 11 is 0. The molecule has 0 aliphatic carbocycles. The van der Waals surface area contributed by atoms with Crippen LogP contribution in [0, 0.1) is 0 Å². The molecule has 0 radical (unpaired) electrons. The maximum absolute atomic E-state index is 4.00. The lowest BCUT2D eigenvalue weighted by atomic mass is 10.0. The van der Waals surface area contributed by atoms with Gasteiger partial charge in [0, 0.05) is 18.4 Å². The summed E-state index contributed by atoms with van der Waals surface area (Å²) in [6, 6.07) is 0.625. The standard InChI is InChI=1S/C11H19N3/c1-3-4-11(12-2)6-5-10-7-13-9-14-8-10/h7-9,11-12H,3-6H2,1-2H3. The first-order valence-electron chi connectivity index (χ1n) is 5.28. The minimum Gasteiger partial charge on any atom is -0.317 e. The molecule has 0 aliphatic heterocycles. The number of aryl methyl sites for hydroxylation is 1. The first-order valence-corrected chi connectivity index (χ1v) is 5.28. The van der Waals surface area contributed by atoms with E-state index in [-0.39, 0.29) is 0 Å². The molecule has 1 unspecified atom stereocenters. The smallest absolute Gasteiger partial charge is 0.115 e. The second-order valence-electron chi connectivity index (χ2n) is 3.56. The summed E-state index contributed by atoms with van der Waals surface area (Å²) in [5, 5.41) is 3.33. The first kappa shape index (κ1) is 11.1. The van der Waals surface area contributed by atoms with Crippen LogP contribution < -0.4 is 5.32 Å². The Morgan fingerprint density at radius 3 is 2.57 bits per heavy atom. The van der Waals surface area contributed by atoms with Gasteiger partial charge in [0.1, 0.15) is 6.33 Å². The molecule has 0 bridgehead atoms. The Bertz CT molecular complexity index is 236. The van der Waals surface area contributed by atoms with Crippen LogP contribution in [0.2, 0.25) is 0 Å². The molecule has 1 heterocycles. The fourth-order valence-corrected chi connectivity index (χ4v) is 1.58. The van der Waals surface area contributed by atoms with Crippen LogP contribution in [0.3, 0.4) is 0 Å². The van der Waals surface area contributed by atoms with Gasteiger partial charge in [0.25, 0.3) is 0 Å². The fraction of sp³-hybridized carbons (Fsp3) is 0.636. The van der Waals surface area contributed by atoms with Crippen molar-refractivity contribution in [2.24, 2.45) is 0 Å². The van der Waals surface area contributed by atoms with E-state index in [2.05, 4.69) is 22.2 Å². The maximum Gasteiger partial charge on any atom is 0.115 e. The van der Waals surface area contributed by atoms with Gasteiger partial charge in [-0.3, -0.25) is 0 Å². The molecule has 1 rings (SSSR count). The van der Waals surface area contributed by atoms with Crippen molar-refractivity contribution in [1.29, 1.82) is 0 Å². The highest BCUT2D eigenvalue weighted by molar-refractivity contribution is 5.02. The number of nitrogens with one attached hydrogen (secondary N) is 1.